The van der Waals surface area contributed by atoms with Crippen LogP contribution in [0.2, 0.25) is 0 Å². The summed E-state index contributed by atoms with van der Waals surface area (Å²) in [6.07, 6.45) is 5.19. The topological polar surface area (TPSA) is 15.3 Å². The highest BCUT2D eigenvalue weighted by atomic mass is 32.2. The number of hydrogen-bond donors (Lipinski definition) is 1. The van der Waals surface area contributed by atoms with E-state index in [-0.39, 0.29) is 0 Å². The van der Waals surface area contributed by atoms with Crippen LogP contribution in [-0.4, -0.2) is 42.4 Å². The summed E-state index contributed by atoms with van der Waals surface area (Å²) in [6, 6.07) is 12.2. The van der Waals surface area contributed by atoms with Gasteiger partial charge in [0.15, 0.2) is 0 Å². The van der Waals surface area contributed by atoms with Crippen molar-refractivity contribution in [3.63, 3.8) is 0 Å². The molecule has 1 aromatic carbocycles. The number of piperazine rings is 1. The third-order valence-corrected chi connectivity index (χ3v) is 5.26. The molecule has 1 aromatic rings. The van der Waals surface area contributed by atoms with Crippen LogP contribution in [0.4, 0.5) is 0 Å². The van der Waals surface area contributed by atoms with Crippen molar-refractivity contribution in [1.82, 2.24) is 10.2 Å². The number of nitrogens with zero attached hydrogens (tertiary/aromatic N) is 1. The fourth-order valence-corrected chi connectivity index (χ4v) is 4.07. The Hall–Kier alpha value is -0.510. The zero-order valence-electron chi connectivity index (χ0n) is 13.6. The maximum atomic E-state index is 3.74. The molecule has 0 amide bonds. The van der Waals surface area contributed by atoms with Crippen molar-refractivity contribution in [3.8, 4) is 0 Å². The van der Waals surface area contributed by atoms with Crippen molar-refractivity contribution in [2.75, 3.05) is 25.4 Å². The molecule has 0 bridgehead atoms. The largest absolute Gasteiger partial charge is 0.311 e. The van der Waals surface area contributed by atoms with Gasteiger partial charge in [0.05, 0.1) is 0 Å². The molecule has 0 aliphatic carbocycles. The van der Waals surface area contributed by atoms with Gasteiger partial charge in [-0.05, 0) is 25.0 Å². The fourth-order valence-electron chi connectivity index (χ4n) is 3.16. The van der Waals surface area contributed by atoms with Gasteiger partial charge in [0.2, 0.25) is 0 Å². The molecule has 2 atom stereocenters. The Labute approximate surface area is 134 Å². The van der Waals surface area contributed by atoms with E-state index in [2.05, 4.69) is 54.4 Å². The molecule has 2 unspecified atom stereocenters. The molecule has 1 N–H and O–H groups in total. The highest BCUT2D eigenvalue weighted by Crippen LogP contribution is 2.20. The van der Waals surface area contributed by atoms with E-state index in [0.717, 1.165) is 6.04 Å². The number of nitrogens with one attached hydrogen (secondary N) is 1. The minimum atomic E-state index is 0.699. The van der Waals surface area contributed by atoms with Gasteiger partial charge in [-0.15, -0.1) is 11.8 Å². The van der Waals surface area contributed by atoms with E-state index in [0.29, 0.717) is 6.04 Å². The lowest BCUT2D eigenvalue weighted by Gasteiger charge is -2.40. The van der Waals surface area contributed by atoms with Gasteiger partial charge in [-0.3, -0.25) is 4.90 Å². The van der Waals surface area contributed by atoms with E-state index in [1.165, 1.54) is 56.0 Å². The standard InChI is InChI=1S/C18H30N2S/c1-3-8-16-15-20(17(9-4-2)14-19-16)12-13-21-18-10-6-5-7-11-18/h5-7,10-11,16-17,19H,3-4,8-9,12-15H2,1-2H3. The Balaban J connectivity index is 1.81. The van der Waals surface area contributed by atoms with Crippen molar-refractivity contribution >= 4 is 11.8 Å². The Morgan fingerprint density at radius 2 is 1.90 bits per heavy atom. The molecular formula is C18H30N2S. The zero-order chi connectivity index (χ0) is 14.9. The molecule has 0 saturated carbocycles. The molecule has 2 nitrogen and oxygen atoms in total. The van der Waals surface area contributed by atoms with Crippen LogP contribution in [0.5, 0.6) is 0 Å². The van der Waals surface area contributed by atoms with Crippen molar-refractivity contribution in [2.24, 2.45) is 0 Å². The third-order valence-electron chi connectivity index (χ3n) is 4.26. The molecule has 21 heavy (non-hydrogen) atoms. The highest BCUT2D eigenvalue weighted by molar-refractivity contribution is 7.99. The van der Waals surface area contributed by atoms with Gasteiger partial charge >= 0.3 is 0 Å². The van der Waals surface area contributed by atoms with Gasteiger partial charge in [-0.2, -0.15) is 0 Å². The Morgan fingerprint density at radius 1 is 1.14 bits per heavy atom. The number of rotatable bonds is 8. The van der Waals surface area contributed by atoms with Crippen LogP contribution >= 0.6 is 11.8 Å². The summed E-state index contributed by atoms with van der Waals surface area (Å²) in [6.45, 7) is 8.21. The Morgan fingerprint density at radius 3 is 2.62 bits per heavy atom. The smallest absolute Gasteiger partial charge is 0.0221 e. The van der Waals surface area contributed by atoms with Gasteiger partial charge in [-0.1, -0.05) is 44.9 Å². The predicted octanol–water partition coefficient (Wildman–Crippen LogP) is 4.02. The summed E-state index contributed by atoms with van der Waals surface area (Å²) in [5.41, 5.74) is 0. The SMILES string of the molecule is CCCC1CN(CCSc2ccccc2)C(CCC)CN1. The summed E-state index contributed by atoms with van der Waals surface area (Å²) in [7, 11) is 0. The maximum absolute atomic E-state index is 3.74. The van der Waals surface area contributed by atoms with Gasteiger partial charge in [-0.25, -0.2) is 0 Å². The molecule has 118 valence electrons. The van der Waals surface area contributed by atoms with Crippen LogP contribution in [-0.2, 0) is 0 Å². The molecule has 3 heteroatoms. The normalized spacial score (nSPS) is 23.3. The van der Waals surface area contributed by atoms with Crippen molar-refractivity contribution in [2.45, 2.75) is 56.5 Å². The minimum absolute atomic E-state index is 0.699. The predicted molar refractivity (Wildman–Crippen MR) is 94.1 cm³/mol. The van der Waals surface area contributed by atoms with Crippen LogP contribution in [0.1, 0.15) is 39.5 Å². The van der Waals surface area contributed by atoms with E-state index < -0.39 is 0 Å². The van der Waals surface area contributed by atoms with Crippen molar-refractivity contribution in [1.29, 1.82) is 0 Å². The number of thioether (sulfide) groups is 1. The second-order valence-electron chi connectivity index (χ2n) is 5.99. The summed E-state index contributed by atoms with van der Waals surface area (Å²) < 4.78 is 0. The van der Waals surface area contributed by atoms with Gasteiger partial charge in [0.1, 0.15) is 0 Å². The molecule has 1 saturated heterocycles. The first-order valence-corrected chi connectivity index (χ1v) is 9.47. The van der Waals surface area contributed by atoms with E-state index in [9.17, 15) is 0 Å². The quantitative estimate of drug-likeness (QED) is 0.730. The first kappa shape index (κ1) is 16.9. The molecule has 1 heterocycles. The summed E-state index contributed by atoms with van der Waals surface area (Å²) in [4.78, 5) is 4.13. The van der Waals surface area contributed by atoms with Crippen LogP contribution in [0.25, 0.3) is 0 Å². The van der Waals surface area contributed by atoms with E-state index in [1.54, 1.807) is 0 Å². The first-order chi connectivity index (χ1) is 10.3. The van der Waals surface area contributed by atoms with Crippen LogP contribution < -0.4 is 5.32 Å². The molecule has 0 aromatic heterocycles. The summed E-state index contributed by atoms with van der Waals surface area (Å²) in [5.74, 6) is 1.20. The molecule has 1 aliphatic rings. The second-order valence-corrected chi connectivity index (χ2v) is 7.16. The lowest BCUT2D eigenvalue weighted by Crippen LogP contribution is -2.56. The summed E-state index contributed by atoms with van der Waals surface area (Å²) >= 11 is 1.99. The average molecular weight is 307 g/mol. The van der Waals surface area contributed by atoms with Crippen LogP contribution in [0.3, 0.4) is 0 Å². The van der Waals surface area contributed by atoms with Crippen LogP contribution in [0.15, 0.2) is 35.2 Å². The van der Waals surface area contributed by atoms with Crippen molar-refractivity contribution < 1.29 is 0 Å². The molecular weight excluding hydrogens is 276 g/mol. The Kier molecular flexibility index (Phi) is 7.62. The monoisotopic (exact) mass is 306 g/mol. The van der Waals surface area contributed by atoms with E-state index in [4.69, 9.17) is 0 Å². The first-order valence-electron chi connectivity index (χ1n) is 8.48. The molecule has 0 spiro atoms. The van der Waals surface area contributed by atoms with Gasteiger partial charge in [0, 0.05) is 42.4 Å². The Bertz CT molecular complexity index is 382. The molecule has 2 rings (SSSR count). The minimum Gasteiger partial charge on any atom is -0.311 e. The van der Waals surface area contributed by atoms with E-state index >= 15 is 0 Å². The number of hydrogen-bond acceptors (Lipinski definition) is 3. The van der Waals surface area contributed by atoms with Crippen LogP contribution in [0, 0.1) is 0 Å². The lowest BCUT2D eigenvalue weighted by atomic mass is 10.0. The second kappa shape index (κ2) is 9.50. The lowest BCUT2D eigenvalue weighted by molar-refractivity contribution is 0.127. The number of benzene rings is 1. The molecule has 1 fully saturated rings. The van der Waals surface area contributed by atoms with E-state index in [1.807, 2.05) is 11.8 Å². The highest BCUT2D eigenvalue weighted by Gasteiger charge is 2.26. The maximum Gasteiger partial charge on any atom is 0.0221 e. The van der Waals surface area contributed by atoms with Gasteiger partial charge in [0.25, 0.3) is 0 Å². The fraction of sp³-hybridized carbons (Fsp3) is 0.667. The van der Waals surface area contributed by atoms with Crippen molar-refractivity contribution in [3.05, 3.63) is 30.3 Å². The summed E-state index contributed by atoms with van der Waals surface area (Å²) in [5, 5.41) is 3.74. The third kappa shape index (κ3) is 5.65. The average Bonchev–Trinajstić information content (AvgIpc) is 2.51. The zero-order valence-corrected chi connectivity index (χ0v) is 14.4. The molecule has 0 radical (unpaired) electrons. The molecule has 1 aliphatic heterocycles. The van der Waals surface area contributed by atoms with Gasteiger partial charge < -0.3 is 5.32 Å².